The van der Waals surface area contributed by atoms with Gasteiger partial charge in [0, 0.05) is 18.7 Å². The van der Waals surface area contributed by atoms with Gasteiger partial charge in [-0.05, 0) is 61.4 Å². The number of furan rings is 1. The van der Waals surface area contributed by atoms with Crippen LogP contribution in [0.4, 0.5) is 15.4 Å². The second-order valence-corrected chi connectivity index (χ2v) is 11.0. The lowest BCUT2D eigenvalue weighted by molar-refractivity contribution is -0.402. The Labute approximate surface area is 213 Å². The Morgan fingerprint density at radius 2 is 1.89 bits per heavy atom. The first-order valence-electron chi connectivity index (χ1n) is 11.0. The van der Waals surface area contributed by atoms with Gasteiger partial charge in [-0.25, -0.2) is 17.8 Å². The van der Waals surface area contributed by atoms with Gasteiger partial charge in [-0.2, -0.15) is 14.4 Å². The molecule has 2 aromatic heterocycles. The molecule has 1 amide bonds. The van der Waals surface area contributed by atoms with Gasteiger partial charge in [-0.15, -0.1) is 0 Å². The van der Waals surface area contributed by atoms with E-state index < -0.39 is 32.6 Å². The Morgan fingerprint density at radius 3 is 2.57 bits per heavy atom. The lowest BCUT2D eigenvalue weighted by Crippen LogP contribution is -2.28. The number of nitrogens with zero attached hydrogens (tertiary/aromatic N) is 5. The Hall–Kier alpha value is -4.01. The van der Waals surface area contributed by atoms with Crippen molar-refractivity contribution in [3.8, 4) is 0 Å². The number of anilines is 1. The Morgan fingerprint density at radius 1 is 1.16 bits per heavy atom. The first kappa shape index (κ1) is 24.7. The van der Waals surface area contributed by atoms with Crippen molar-refractivity contribution < 1.29 is 26.9 Å². The van der Waals surface area contributed by atoms with E-state index in [0.717, 1.165) is 41.5 Å². The summed E-state index contributed by atoms with van der Waals surface area (Å²) >= 11 is 1.01. The Bertz CT molecular complexity index is 1620. The summed E-state index contributed by atoms with van der Waals surface area (Å²) in [7, 11) is -3.66. The first-order valence-corrected chi connectivity index (χ1v) is 13.3. The number of thiazole rings is 1. The average Bonchev–Trinajstić information content (AvgIpc) is 3.65. The monoisotopic (exact) mass is 543 g/mol. The van der Waals surface area contributed by atoms with Gasteiger partial charge < -0.3 is 4.42 Å². The molecule has 5 rings (SSSR count). The molecule has 1 aliphatic heterocycles. The zero-order valence-corrected chi connectivity index (χ0v) is 20.6. The number of hydrogen-bond donors (Lipinski definition) is 0. The number of hydrazone groups is 1. The van der Waals surface area contributed by atoms with Crippen LogP contribution in [-0.2, 0) is 10.0 Å². The topological polar surface area (TPSA) is 139 Å². The maximum absolute atomic E-state index is 13.7. The maximum atomic E-state index is 13.7. The van der Waals surface area contributed by atoms with Crippen LogP contribution in [0, 0.1) is 15.9 Å². The van der Waals surface area contributed by atoms with E-state index >= 15 is 0 Å². The summed E-state index contributed by atoms with van der Waals surface area (Å²) in [5.41, 5.74) is 0.559. The number of carbonyl (C=O) groups excluding carboxylic acids is 1. The Balaban J connectivity index is 1.49. The predicted molar refractivity (Wildman–Crippen MR) is 134 cm³/mol. The molecular weight excluding hydrogens is 525 g/mol. The van der Waals surface area contributed by atoms with E-state index in [9.17, 15) is 27.7 Å². The quantitative estimate of drug-likeness (QED) is 0.191. The van der Waals surface area contributed by atoms with Crippen LogP contribution in [0.5, 0.6) is 0 Å². The van der Waals surface area contributed by atoms with Crippen LogP contribution in [-0.4, -0.2) is 47.8 Å². The number of amides is 1. The fraction of sp³-hybridized carbons (Fsp3) is 0.174. The molecular formula is C23H18FN5O6S2. The summed E-state index contributed by atoms with van der Waals surface area (Å²) in [6.07, 6.45) is 2.71. The van der Waals surface area contributed by atoms with Crippen molar-refractivity contribution in [2.75, 3.05) is 18.1 Å². The van der Waals surface area contributed by atoms with E-state index in [2.05, 4.69) is 10.1 Å². The molecule has 14 heteroatoms. The third kappa shape index (κ3) is 4.98. The van der Waals surface area contributed by atoms with E-state index in [-0.39, 0.29) is 21.4 Å². The fourth-order valence-electron chi connectivity index (χ4n) is 3.76. The summed E-state index contributed by atoms with van der Waals surface area (Å²) in [6.45, 7) is 0.906. The second-order valence-electron chi connectivity index (χ2n) is 8.04. The van der Waals surface area contributed by atoms with Crippen molar-refractivity contribution in [3.05, 3.63) is 81.9 Å². The third-order valence-electron chi connectivity index (χ3n) is 5.61. The molecule has 0 atom stereocenters. The minimum atomic E-state index is -3.66. The minimum absolute atomic E-state index is 0.0173. The van der Waals surface area contributed by atoms with Gasteiger partial charge in [-0.3, -0.25) is 14.9 Å². The van der Waals surface area contributed by atoms with Crippen molar-refractivity contribution >= 4 is 54.7 Å². The lowest BCUT2D eigenvalue weighted by atomic mass is 10.2. The molecule has 2 aromatic carbocycles. The van der Waals surface area contributed by atoms with Crippen molar-refractivity contribution in [2.45, 2.75) is 17.7 Å². The van der Waals surface area contributed by atoms with Gasteiger partial charge in [0.15, 0.2) is 5.76 Å². The van der Waals surface area contributed by atoms with E-state index in [1.165, 1.54) is 52.8 Å². The smallest absolute Gasteiger partial charge is 0.400 e. The molecule has 0 aliphatic carbocycles. The number of aromatic nitrogens is 1. The SMILES string of the molecule is O=C(c1ccc(S(=O)(=O)N2CCCC2)cc1)N(/N=C/c1ccc([N+](=O)[O-])o1)c1nc2ccc(F)cc2s1. The molecule has 3 heterocycles. The van der Waals surface area contributed by atoms with Crippen LogP contribution in [0.1, 0.15) is 29.0 Å². The molecule has 1 saturated heterocycles. The summed E-state index contributed by atoms with van der Waals surface area (Å²) in [4.78, 5) is 28.1. The molecule has 11 nitrogen and oxygen atoms in total. The summed E-state index contributed by atoms with van der Waals surface area (Å²) in [5.74, 6) is -1.60. The number of rotatable bonds is 7. The number of nitro groups is 1. The molecule has 0 N–H and O–H groups in total. The second kappa shape index (κ2) is 9.80. The Kier molecular flexibility index (Phi) is 6.54. The molecule has 37 heavy (non-hydrogen) atoms. The predicted octanol–water partition coefficient (Wildman–Crippen LogP) is 4.40. The van der Waals surface area contributed by atoms with Crippen molar-refractivity contribution in [2.24, 2.45) is 5.10 Å². The van der Waals surface area contributed by atoms with Gasteiger partial charge >= 0.3 is 5.88 Å². The highest BCUT2D eigenvalue weighted by molar-refractivity contribution is 7.89. The van der Waals surface area contributed by atoms with Crippen molar-refractivity contribution in [1.29, 1.82) is 0 Å². The van der Waals surface area contributed by atoms with E-state index in [1.54, 1.807) is 0 Å². The van der Waals surface area contributed by atoms with E-state index in [1.807, 2.05) is 0 Å². The molecule has 1 aliphatic rings. The number of hydrogen-bond acceptors (Lipinski definition) is 9. The van der Waals surface area contributed by atoms with Gasteiger partial charge in [0.05, 0.1) is 27.4 Å². The van der Waals surface area contributed by atoms with Gasteiger partial charge in [0.25, 0.3) is 5.91 Å². The number of halogens is 1. The lowest BCUT2D eigenvalue weighted by Gasteiger charge is -2.16. The molecule has 0 bridgehead atoms. The van der Waals surface area contributed by atoms with E-state index in [4.69, 9.17) is 4.42 Å². The van der Waals surface area contributed by atoms with Crippen LogP contribution in [0.2, 0.25) is 0 Å². The molecule has 0 saturated carbocycles. The maximum Gasteiger partial charge on any atom is 0.433 e. The highest BCUT2D eigenvalue weighted by Gasteiger charge is 2.28. The highest BCUT2D eigenvalue weighted by Crippen LogP contribution is 2.31. The molecule has 0 unspecified atom stereocenters. The van der Waals surface area contributed by atoms with Gasteiger partial charge in [-0.1, -0.05) is 11.3 Å². The molecule has 1 fully saturated rings. The first-order chi connectivity index (χ1) is 17.7. The molecule has 190 valence electrons. The van der Waals surface area contributed by atoms with Gasteiger partial charge in [0.1, 0.15) is 10.7 Å². The molecule has 0 spiro atoms. The van der Waals surface area contributed by atoms with Crippen LogP contribution in [0.3, 0.4) is 0 Å². The zero-order chi connectivity index (χ0) is 26.2. The molecule has 4 aromatic rings. The van der Waals surface area contributed by atoms with Gasteiger partial charge in [0.2, 0.25) is 15.2 Å². The fourth-order valence-corrected chi connectivity index (χ4v) is 6.22. The van der Waals surface area contributed by atoms with Crippen molar-refractivity contribution in [1.82, 2.24) is 9.29 Å². The summed E-state index contributed by atoms with van der Waals surface area (Å²) in [5, 5.41) is 16.1. The number of carbonyl (C=O) groups is 1. The van der Waals surface area contributed by atoms with Crippen molar-refractivity contribution in [3.63, 3.8) is 0 Å². The normalized spacial score (nSPS) is 14.5. The largest absolute Gasteiger partial charge is 0.433 e. The number of fused-ring (bicyclic) bond motifs is 1. The van der Waals surface area contributed by atoms with Crippen LogP contribution in [0.15, 0.2) is 69.0 Å². The zero-order valence-electron chi connectivity index (χ0n) is 19.0. The van der Waals surface area contributed by atoms with E-state index in [0.29, 0.717) is 23.3 Å². The average molecular weight is 544 g/mol. The minimum Gasteiger partial charge on any atom is -0.400 e. The standard InChI is InChI=1S/C23H18FN5O6S2/c24-16-5-9-19-20(13-16)36-23(26-19)28(25-14-17-6-10-21(35-17)29(31)32)22(30)15-3-7-18(8-4-15)37(33,34)27-11-1-2-12-27/h3-10,13-14H,1-2,11-12H2/b25-14+. The third-order valence-corrected chi connectivity index (χ3v) is 8.52. The van der Waals surface area contributed by atoms with Crippen LogP contribution < -0.4 is 5.01 Å². The highest BCUT2D eigenvalue weighted by atomic mass is 32.2. The summed E-state index contributed by atoms with van der Waals surface area (Å²) in [6, 6.07) is 11.9. The van der Waals surface area contributed by atoms with Crippen LogP contribution in [0.25, 0.3) is 10.2 Å². The summed E-state index contributed by atoms with van der Waals surface area (Å²) < 4.78 is 46.3. The van der Waals surface area contributed by atoms with Crippen LogP contribution >= 0.6 is 11.3 Å². The number of benzene rings is 2. The number of sulfonamides is 1. The molecule has 0 radical (unpaired) electrons.